The van der Waals surface area contributed by atoms with Gasteiger partial charge in [0.1, 0.15) is 0 Å². The van der Waals surface area contributed by atoms with Crippen LogP contribution in [0.2, 0.25) is 0 Å². The number of rotatable bonds is 5. The molecule has 1 aromatic heterocycles. The van der Waals surface area contributed by atoms with Crippen molar-refractivity contribution in [2.24, 2.45) is 0 Å². The van der Waals surface area contributed by atoms with E-state index >= 15 is 0 Å². The molecule has 1 atom stereocenters. The quantitative estimate of drug-likeness (QED) is 0.892. The van der Waals surface area contributed by atoms with E-state index in [0.717, 1.165) is 29.3 Å². The largest absolute Gasteiger partial charge is 0.392 e. The highest BCUT2D eigenvalue weighted by Gasteiger charge is 2.23. The number of hydrogen-bond donors (Lipinski definition) is 2. The highest BCUT2D eigenvalue weighted by atomic mass is 16.3. The van der Waals surface area contributed by atoms with Gasteiger partial charge in [0.25, 0.3) is 5.56 Å². The Labute approximate surface area is 137 Å². The Balaban J connectivity index is 1.86. The maximum Gasteiger partial charge on any atom is 0.252 e. The van der Waals surface area contributed by atoms with Crippen molar-refractivity contribution < 1.29 is 5.11 Å². The molecule has 1 unspecified atom stereocenters. The molecule has 0 bridgehead atoms. The van der Waals surface area contributed by atoms with Crippen LogP contribution in [0, 0.1) is 0 Å². The summed E-state index contributed by atoms with van der Waals surface area (Å²) in [5.74, 6) is 0. The zero-order valence-corrected chi connectivity index (χ0v) is 13.8. The summed E-state index contributed by atoms with van der Waals surface area (Å²) in [6.07, 6.45) is 5.74. The van der Waals surface area contributed by atoms with Gasteiger partial charge in [-0.2, -0.15) is 0 Å². The van der Waals surface area contributed by atoms with Gasteiger partial charge in [-0.3, -0.25) is 9.69 Å². The van der Waals surface area contributed by atoms with Crippen molar-refractivity contribution in [2.45, 2.75) is 57.7 Å². The van der Waals surface area contributed by atoms with E-state index in [1.165, 1.54) is 19.3 Å². The molecule has 124 valence electrons. The van der Waals surface area contributed by atoms with Gasteiger partial charge in [-0.05, 0) is 37.3 Å². The molecule has 0 aliphatic heterocycles. The number of hydrogen-bond acceptors (Lipinski definition) is 3. The SMILES string of the molecule is CC(O)CN(Cc1cc2ccccc2[nH]c1=O)C1CCCCC1. The monoisotopic (exact) mass is 314 g/mol. The number of para-hydroxylation sites is 1. The van der Waals surface area contributed by atoms with Crippen molar-refractivity contribution in [3.8, 4) is 0 Å². The second kappa shape index (κ2) is 7.28. The van der Waals surface area contributed by atoms with Gasteiger partial charge < -0.3 is 10.1 Å². The van der Waals surface area contributed by atoms with Gasteiger partial charge in [-0.25, -0.2) is 0 Å². The standard InChI is InChI=1S/C19H26N2O2/c1-14(22)12-21(17-8-3-2-4-9-17)13-16-11-15-7-5-6-10-18(15)20-19(16)23/h5-7,10-11,14,17,22H,2-4,8-9,12-13H2,1H3,(H,20,23). The van der Waals surface area contributed by atoms with Crippen LogP contribution in [0.3, 0.4) is 0 Å². The molecule has 1 aromatic carbocycles. The zero-order chi connectivity index (χ0) is 16.2. The maximum atomic E-state index is 12.4. The van der Waals surface area contributed by atoms with Crippen molar-refractivity contribution in [1.29, 1.82) is 0 Å². The van der Waals surface area contributed by atoms with Crippen LogP contribution in [0.15, 0.2) is 35.1 Å². The van der Waals surface area contributed by atoms with E-state index < -0.39 is 0 Å². The van der Waals surface area contributed by atoms with Crippen molar-refractivity contribution in [1.82, 2.24) is 9.88 Å². The summed E-state index contributed by atoms with van der Waals surface area (Å²) in [5, 5.41) is 10.9. The van der Waals surface area contributed by atoms with Gasteiger partial charge in [0.15, 0.2) is 0 Å². The van der Waals surface area contributed by atoms with Crippen LogP contribution in [-0.2, 0) is 6.54 Å². The number of fused-ring (bicyclic) bond motifs is 1. The molecule has 4 heteroatoms. The summed E-state index contributed by atoms with van der Waals surface area (Å²) < 4.78 is 0. The van der Waals surface area contributed by atoms with Crippen LogP contribution in [0.5, 0.6) is 0 Å². The number of H-pyrrole nitrogens is 1. The zero-order valence-electron chi connectivity index (χ0n) is 13.8. The van der Waals surface area contributed by atoms with Crippen LogP contribution in [0.25, 0.3) is 10.9 Å². The molecular weight excluding hydrogens is 288 g/mol. The number of benzene rings is 1. The molecule has 1 aliphatic rings. The predicted molar refractivity (Wildman–Crippen MR) is 93.5 cm³/mol. The second-order valence-electron chi connectivity index (χ2n) is 6.78. The number of nitrogens with zero attached hydrogens (tertiary/aromatic N) is 1. The number of nitrogens with one attached hydrogen (secondary N) is 1. The number of aliphatic hydroxyl groups is 1. The normalized spacial score (nSPS) is 17.7. The van der Waals surface area contributed by atoms with Crippen molar-refractivity contribution >= 4 is 10.9 Å². The first-order valence-electron chi connectivity index (χ1n) is 8.66. The third-order valence-electron chi connectivity index (χ3n) is 4.79. The lowest BCUT2D eigenvalue weighted by Crippen LogP contribution is -2.41. The first-order chi connectivity index (χ1) is 11.1. The lowest BCUT2D eigenvalue weighted by atomic mass is 9.93. The summed E-state index contributed by atoms with van der Waals surface area (Å²) in [6, 6.07) is 10.3. The Morgan fingerprint density at radius 1 is 1.26 bits per heavy atom. The maximum absolute atomic E-state index is 12.4. The van der Waals surface area contributed by atoms with Crippen LogP contribution in [0.1, 0.15) is 44.6 Å². The minimum atomic E-state index is -0.378. The van der Waals surface area contributed by atoms with Crippen LogP contribution >= 0.6 is 0 Å². The third-order valence-corrected chi connectivity index (χ3v) is 4.79. The van der Waals surface area contributed by atoms with Crippen LogP contribution < -0.4 is 5.56 Å². The molecular formula is C19H26N2O2. The lowest BCUT2D eigenvalue weighted by Gasteiger charge is -2.35. The van der Waals surface area contributed by atoms with Gasteiger partial charge in [0.05, 0.1) is 6.10 Å². The first-order valence-corrected chi connectivity index (χ1v) is 8.66. The number of aromatic amines is 1. The predicted octanol–water partition coefficient (Wildman–Crippen LogP) is 3.04. The molecule has 1 aliphatic carbocycles. The summed E-state index contributed by atoms with van der Waals surface area (Å²) in [5.41, 5.74) is 1.64. The summed E-state index contributed by atoms with van der Waals surface area (Å²) >= 11 is 0. The molecule has 3 rings (SSSR count). The van der Waals surface area contributed by atoms with Gasteiger partial charge in [-0.1, -0.05) is 37.5 Å². The lowest BCUT2D eigenvalue weighted by molar-refractivity contribution is 0.0766. The van der Waals surface area contributed by atoms with Gasteiger partial charge in [0.2, 0.25) is 0 Å². The molecule has 2 aromatic rings. The summed E-state index contributed by atoms with van der Waals surface area (Å²) in [6.45, 7) is 3.05. The third kappa shape index (κ3) is 4.01. The van der Waals surface area contributed by atoms with Gasteiger partial charge in [-0.15, -0.1) is 0 Å². The molecule has 2 N–H and O–H groups in total. The van der Waals surface area contributed by atoms with Gasteiger partial charge in [0, 0.05) is 30.2 Å². The number of aliphatic hydroxyl groups excluding tert-OH is 1. The molecule has 4 nitrogen and oxygen atoms in total. The topological polar surface area (TPSA) is 56.3 Å². The van der Waals surface area contributed by atoms with E-state index in [1.807, 2.05) is 37.3 Å². The van der Waals surface area contributed by atoms with Crippen molar-refractivity contribution in [2.75, 3.05) is 6.54 Å². The average molecular weight is 314 g/mol. The van der Waals surface area contributed by atoms with Crippen LogP contribution in [0.4, 0.5) is 0 Å². The van der Waals surface area contributed by atoms with E-state index in [1.54, 1.807) is 0 Å². The Morgan fingerprint density at radius 3 is 2.74 bits per heavy atom. The Bertz CT molecular complexity index is 702. The Hall–Kier alpha value is -1.65. The minimum Gasteiger partial charge on any atom is -0.392 e. The Kier molecular flexibility index (Phi) is 5.13. The highest BCUT2D eigenvalue weighted by Crippen LogP contribution is 2.24. The molecule has 23 heavy (non-hydrogen) atoms. The van der Waals surface area contributed by atoms with Crippen molar-refractivity contribution in [3.05, 3.63) is 46.2 Å². The molecule has 1 heterocycles. The van der Waals surface area contributed by atoms with E-state index in [0.29, 0.717) is 19.1 Å². The fourth-order valence-electron chi connectivity index (χ4n) is 3.66. The summed E-state index contributed by atoms with van der Waals surface area (Å²) in [4.78, 5) is 17.7. The Morgan fingerprint density at radius 2 is 2.00 bits per heavy atom. The van der Waals surface area contributed by atoms with E-state index in [4.69, 9.17) is 0 Å². The fourth-order valence-corrected chi connectivity index (χ4v) is 3.66. The second-order valence-corrected chi connectivity index (χ2v) is 6.78. The van der Waals surface area contributed by atoms with Crippen molar-refractivity contribution in [3.63, 3.8) is 0 Å². The van der Waals surface area contributed by atoms with E-state index in [2.05, 4.69) is 9.88 Å². The highest BCUT2D eigenvalue weighted by molar-refractivity contribution is 5.78. The fraction of sp³-hybridized carbons (Fsp3) is 0.526. The van der Waals surface area contributed by atoms with E-state index in [-0.39, 0.29) is 11.7 Å². The first kappa shape index (κ1) is 16.2. The smallest absolute Gasteiger partial charge is 0.252 e. The number of aromatic nitrogens is 1. The molecule has 0 spiro atoms. The summed E-state index contributed by atoms with van der Waals surface area (Å²) in [7, 11) is 0. The number of pyridine rings is 1. The van der Waals surface area contributed by atoms with E-state index in [9.17, 15) is 9.90 Å². The van der Waals surface area contributed by atoms with Gasteiger partial charge >= 0.3 is 0 Å². The molecule has 0 radical (unpaired) electrons. The average Bonchev–Trinajstić information content (AvgIpc) is 2.55. The minimum absolute atomic E-state index is 0.0184. The molecule has 1 fully saturated rings. The molecule has 1 saturated carbocycles. The molecule has 0 saturated heterocycles. The molecule has 0 amide bonds. The van der Waals surface area contributed by atoms with Crippen LogP contribution in [-0.4, -0.2) is 33.7 Å².